The van der Waals surface area contributed by atoms with Gasteiger partial charge < -0.3 is 9.64 Å². The lowest BCUT2D eigenvalue weighted by Gasteiger charge is -2.32. The van der Waals surface area contributed by atoms with E-state index in [-0.39, 0.29) is 16.8 Å². The van der Waals surface area contributed by atoms with Gasteiger partial charge >= 0.3 is 5.97 Å². The number of fused-ring (bicyclic) bond motifs is 1. The molecule has 0 radical (unpaired) electrons. The first kappa shape index (κ1) is 19.6. The average molecular weight is 413 g/mol. The lowest BCUT2D eigenvalue weighted by molar-refractivity contribution is -0.140. The van der Waals surface area contributed by atoms with Gasteiger partial charge in [-0.1, -0.05) is 38.1 Å². The second-order valence-electron chi connectivity index (χ2n) is 7.79. The fraction of sp³-hybridized carbons (Fsp3) is 0.364. The van der Waals surface area contributed by atoms with Crippen LogP contribution in [-0.4, -0.2) is 38.2 Å². The summed E-state index contributed by atoms with van der Waals surface area (Å²) in [5.74, 6) is 1.03. The van der Waals surface area contributed by atoms with Gasteiger partial charge in [0.25, 0.3) is 10.0 Å². The Morgan fingerprint density at radius 2 is 1.72 bits per heavy atom. The largest absolute Gasteiger partial charge is 0.426 e. The summed E-state index contributed by atoms with van der Waals surface area (Å²) >= 11 is 0. The molecule has 2 aromatic rings. The number of esters is 1. The molecule has 0 bridgehead atoms. The third-order valence-electron chi connectivity index (χ3n) is 5.51. The number of carbonyl (C=O) groups excluding carboxylic acids is 1. The number of carbonyl (C=O) groups is 1. The lowest BCUT2D eigenvalue weighted by atomic mass is 9.96. The van der Waals surface area contributed by atoms with Crippen LogP contribution in [0.4, 0.5) is 0 Å². The predicted octanol–water partition coefficient (Wildman–Crippen LogP) is 3.58. The summed E-state index contributed by atoms with van der Waals surface area (Å²) in [7, 11) is -3.63. The smallest absolute Gasteiger partial charge is 0.314 e. The van der Waals surface area contributed by atoms with Crippen molar-refractivity contribution in [1.29, 1.82) is 0 Å². The second kappa shape index (κ2) is 7.63. The van der Waals surface area contributed by atoms with Crippen molar-refractivity contribution >= 4 is 21.8 Å². The Morgan fingerprint density at radius 1 is 1.07 bits per heavy atom. The van der Waals surface area contributed by atoms with Crippen molar-refractivity contribution in [2.24, 2.45) is 10.3 Å². The predicted molar refractivity (Wildman–Crippen MR) is 111 cm³/mol. The molecule has 4 rings (SSSR count). The van der Waals surface area contributed by atoms with E-state index in [1.54, 1.807) is 18.2 Å². The molecule has 6 nitrogen and oxygen atoms in total. The Morgan fingerprint density at radius 3 is 2.38 bits per heavy atom. The van der Waals surface area contributed by atoms with Gasteiger partial charge in [-0.25, -0.2) is 0 Å². The number of hydrogen-bond acceptors (Lipinski definition) is 5. The van der Waals surface area contributed by atoms with Gasteiger partial charge in [-0.3, -0.25) is 4.79 Å². The summed E-state index contributed by atoms with van der Waals surface area (Å²) in [5, 5.41) is 0. The van der Waals surface area contributed by atoms with Crippen molar-refractivity contribution in [3.63, 3.8) is 0 Å². The van der Waals surface area contributed by atoms with Gasteiger partial charge in [0.1, 0.15) is 10.6 Å². The van der Waals surface area contributed by atoms with Crippen LogP contribution in [0.3, 0.4) is 0 Å². The minimum absolute atomic E-state index is 0.204. The lowest BCUT2D eigenvalue weighted by Crippen LogP contribution is -2.41. The van der Waals surface area contributed by atoms with Crippen LogP contribution in [0.1, 0.15) is 43.7 Å². The van der Waals surface area contributed by atoms with E-state index in [1.807, 2.05) is 35.2 Å². The molecule has 1 saturated heterocycles. The first-order valence-corrected chi connectivity index (χ1v) is 11.3. The monoisotopic (exact) mass is 412 g/mol. The van der Waals surface area contributed by atoms with E-state index < -0.39 is 10.0 Å². The number of likely N-dealkylation sites (tertiary alicyclic amines) is 1. The quantitative estimate of drug-likeness (QED) is 0.569. The Balaban J connectivity index is 1.39. The van der Waals surface area contributed by atoms with E-state index in [0.717, 1.165) is 0 Å². The third kappa shape index (κ3) is 3.92. The number of piperidine rings is 1. The van der Waals surface area contributed by atoms with E-state index in [9.17, 15) is 13.2 Å². The maximum absolute atomic E-state index is 12.5. The number of nitrogens with zero attached hydrogens (tertiary/aromatic N) is 2. The molecular formula is C22H24N2O4S. The molecular weight excluding hydrogens is 388 g/mol. The van der Waals surface area contributed by atoms with E-state index in [4.69, 9.17) is 4.74 Å². The Kier molecular flexibility index (Phi) is 5.17. The van der Waals surface area contributed by atoms with Crippen molar-refractivity contribution in [3.8, 4) is 5.75 Å². The van der Waals surface area contributed by atoms with Crippen molar-refractivity contribution in [2.75, 3.05) is 13.1 Å². The zero-order valence-corrected chi connectivity index (χ0v) is 17.4. The first-order chi connectivity index (χ1) is 13.8. The van der Waals surface area contributed by atoms with E-state index in [0.29, 0.717) is 49.0 Å². The molecule has 0 unspecified atom stereocenters. The highest BCUT2D eigenvalue weighted by Gasteiger charge is 2.34. The van der Waals surface area contributed by atoms with Gasteiger partial charge in [0, 0.05) is 18.7 Å². The minimum Gasteiger partial charge on any atom is -0.426 e. The molecule has 7 heteroatoms. The zero-order valence-electron chi connectivity index (χ0n) is 16.5. The molecule has 2 aliphatic rings. The third-order valence-corrected chi connectivity index (χ3v) is 6.83. The highest BCUT2D eigenvalue weighted by atomic mass is 32.2. The molecule has 152 valence electrons. The van der Waals surface area contributed by atoms with Crippen LogP contribution in [0.5, 0.6) is 5.75 Å². The topological polar surface area (TPSA) is 76.0 Å². The molecule has 2 heterocycles. The van der Waals surface area contributed by atoms with Crippen LogP contribution in [0.25, 0.3) is 0 Å². The van der Waals surface area contributed by atoms with E-state index in [2.05, 4.69) is 18.2 Å². The molecule has 0 N–H and O–H groups in total. The summed E-state index contributed by atoms with van der Waals surface area (Å²) in [6.45, 7) is 5.36. The molecule has 0 aliphatic carbocycles. The molecule has 2 aromatic carbocycles. The maximum Gasteiger partial charge on any atom is 0.314 e. The van der Waals surface area contributed by atoms with Crippen molar-refractivity contribution < 1.29 is 17.9 Å². The van der Waals surface area contributed by atoms with Crippen LogP contribution < -0.4 is 4.74 Å². The molecule has 0 saturated carbocycles. The standard InChI is InChI=1S/C22H24N2O4S/c1-15(2)16-7-9-18(10-8-16)28-22(25)17-11-13-24(14-12-17)21-19-5-3-4-6-20(19)29(26,27)23-21/h3-10,15,17H,11-14H2,1-2H3. The maximum atomic E-state index is 12.5. The van der Waals surface area contributed by atoms with Gasteiger partial charge in [-0.05, 0) is 48.6 Å². The van der Waals surface area contributed by atoms with Gasteiger partial charge in [-0.2, -0.15) is 8.42 Å². The van der Waals surface area contributed by atoms with Crippen LogP contribution >= 0.6 is 0 Å². The Bertz CT molecular complexity index is 1050. The molecule has 0 spiro atoms. The summed E-state index contributed by atoms with van der Waals surface area (Å²) in [6, 6.07) is 14.5. The fourth-order valence-corrected chi connectivity index (χ4v) is 4.99. The number of benzene rings is 2. The van der Waals surface area contributed by atoms with Crippen molar-refractivity contribution in [1.82, 2.24) is 4.90 Å². The molecule has 2 aliphatic heterocycles. The number of rotatable bonds is 3. The molecule has 29 heavy (non-hydrogen) atoms. The Hall–Kier alpha value is -2.67. The fourth-order valence-electron chi connectivity index (χ4n) is 3.76. The SMILES string of the molecule is CC(C)c1ccc(OC(=O)C2CCN(C3=NS(=O)(=O)c4ccccc43)CC2)cc1. The summed E-state index contributed by atoms with van der Waals surface area (Å²) in [6.07, 6.45) is 1.20. The van der Waals surface area contributed by atoms with E-state index >= 15 is 0 Å². The molecule has 1 fully saturated rings. The number of amidine groups is 1. The van der Waals surface area contributed by atoms with Crippen molar-refractivity contribution in [3.05, 3.63) is 59.7 Å². The average Bonchev–Trinajstić information content (AvgIpc) is 3.00. The van der Waals surface area contributed by atoms with Gasteiger partial charge in [-0.15, -0.1) is 4.40 Å². The number of sulfonamides is 1. The van der Waals surface area contributed by atoms with Crippen LogP contribution in [0.15, 0.2) is 57.8 Å². The number of hydrogen-bond donors (Lipinski definition) is 0. The zero-order chi connectivity index (χ0) is 20.6. The summed E-state index contributed by atoms with van der Waals surface area (Å²) < 4.78 is 34.0. The van der Waals surface area contributed by atoms with E-state index in [1.165, 1.54) is 5.56 Å². The van der Waals surface area contributed by atoms with Gasteiger partial charge in [0.05, 0.1) is 5.92 Å². The molecule has 0 aromatic heterocycles. The summed E-state index contributed by atoms with van der Waals surface area (Å²) in [4.78, 5) is 14.7. The summed E-state index contributed by atoms with van der Waals surface area (Å²) in [5.41, 5.74) is 1.84. The highest BCUT2D eigenvalue weighted by molar-refractivity contribution is 7.90. The van der Waals surface area contributed by atoms with Gasteiger partial charge in [0.2, 0.25) is 0 Å². The minimum atomic E-state index is -3.63. The second-order valence-corrected chi connectivity index (χ2v) is 9.36. The van der Waals surface area contributed by atoms with Gasteiger partial charge in [0.15, 0.2) is 5.84 Å². The van der Waals surface area contributed by atoms with Crippen LogP contribution in [0.2, 0.25) is 0 Å². The van der Waals surface area contributed by atoms with Crippen molar-refractivity contribution in [2.45, 2.75) is 37.5 Å². The first-order valence-electron chi connectivity index (χ1n) is 9.86. The normalized spacial score (nSPS) is 18.4. The molecule has 0 amide bonds. The van der Waals surface area contributed by atoms with Crippen LogP contribution in [-0.2, 0) is 14.8 Å². The number of ether oxygens (including phenoxy) is 1. The molecule has 0 atom stereocenters. The Labute approximate surface area is 171 Å². The highest BCUT2D eigenvalue weighted by Crippen LogP contribution is 2.30. The van der Waals surface area contributed by atoms with Crippen LogP contribution in [0, 0.1) is 5.92 Å².